The molecule has 6 nitrogen and oxygen atoms in total. The molecule has 1 saturated heterocycles. The smallest absolute Gasteiger partial charge is 0.233 e. The van der Waals surface area contributed by atoms with E-state index in [0.717, 1.165) is 45.2 Å². The van der Waals surface area contributed by atoms with Gasteiger partial charge in [0.05, 0.1) is 12.5 Å². The fourth-order valence-corrected chi connectivity index (χ4v) is 3.14. The van der Waals surface area contributed by atoms with Crippen molar-refractivity contribution in [3.05, 3.63) is 0 Å². The van der Waals surface area contributed by atoms with Crippen LogP contribution in [0.5, 0.6) is 0 Å². The highest BCUT2D eigenvalue weighted by Gasteiger charge is 2.32. The monoisotopic (exact) mass is 282 g/mol. The Morgan fingerprint density at radius 2 is 1.90 bits per heavy atom. The molecule has 114 valence electrons. The topological polar surface area (TPSA) is 87.5 Å². The normalized spacial score (nSPS) is 28.3. The van der Waals surface area contributed by atoms with Gasteiger partial charge in [0.2, 0.25) is 11.8 Å². The van der Waals surface area contributed by atoms with E-state index in [1.165, 1.54) is 0 Å². The maximum Gasteiger partial charge on any atom is 0.233 e. The first-order valence-corrected chi connectivity index (χ1v) is 7.59. The number of likely N-dealkylation sites (N-methyl/N-ethyl adjacent to an activating group) is 1. The number of rotatable bonds is 4. The molecule has 2 rings (SSSR count). The molecule has 0 aromatic rings. The zero-order valence-electron chi connectivity index (χ0n) is 12.2. The highest BCUT2D eigenvalue weighted by atomic mass is 16.2. The van der Waals surface area contributed by atoms with E-state index in [9.17, 15) is 9.59 Å². The third kappa shape index (κ3) is 3.93. The van der Waals surface area contributed by atoms with Crippen LogP contribution >= 0.6 is 0 Å². The molecule has 0 radical (unpaired) electrons. The number of amides is 2. The molecule has 2 atom stereocenters. The summed E-state index contributed by atoms with van der Waals surface area (Å²) in [5.41, 5.74) is 5.96. The van der Waals surface area contributed by atoms with Crippen molar-refractivity contribution in [2.24, 2.45) is 11.7 Å². The Hall–Kier alpha value is -1.14. The number of nitrogens with one attached hydrogen (secondary N) is 2. The molecule has 1 saturated carbocycles. The largest absolute Gasteiger partial charge is 0.358 e. The molecule has 1 aliphatic carbocycles. The van der Waals surface area contributed by atoms with Crippen LogP contribution in [0.4, 0.5) is 0 Å². The fourth-order valence-electron chi connectivity index (χ4n) is 3.14. The van der Waals surface area contributed by atoms with Crippen molar-refractivity contribution in [1.82, 2.24) is 15.5 Å². The Morgan fingerprint density at radius 1 is 1.20 bits per heavy atom. The summed E-state index contributed by atoms with van der Waals surface area (Å²) in [6, 6.07) is 0.263. The standard InChI is InChI=1S/C14H26N4O2/c1-16-13(19)9-18-7-5-10(6-8-18)17-14(20)11-3-2-4-12(11)15/h10-12H,2-9,15H2,1H3,(H,16,19)(H,17,20). The maximum atomic E-state index is 12.2. The van der Waals surface area contributed by atoms with Crippen molar-refractivity contribution >= 4 is 11.8 Å². The van der Waals surface area contributed by atoms with Gasteiger partial charge in [0, 0.05) is 32.2 Å². The fraction of sp³-hybridized carbons (Fsp3) is 0.857. The van der Waals surface area contributed by atoms with E-state index in [4.69, 9.17) is 5.73 Å². The summed E-state index contributed by atoms with van der Waals surface area (Å²) < 4.78 is 0. The summed E-state index contributed by atoms with van der Waals surface area (Å²) in [7, 11) is 1.65. The number of nitrogens with two attached hydrogens (primary N) is 1. The molecule has 0 bridgehead atoms. The summed E-state index contributed by atoms with van der Waals surface area (Å²) in [4.78, 5) is 25.6. The van der Waals surface area contributed by atoms with Crippen LogP contribution in [-0.4, -0.2) is 55.5 Å². The molecule has 1 heterocycles. The van der Waals surface area contributed by atoms with Gasteiger partial charge in [0.25, 0.3) is 0 Å². The highest BCUT2D eigenvalue weighted by molar-refractivity contribution is 5.80. The summed E-state index contributed by atoms with van der Waals surface area (Å²) in [6.07, 6.45) is 4.75. The number of likely N-dealkylation sites (tertiary alicyclic amines) is 1. The zero-order valence-corrected chi connectivity index (χ0v) is 12.2. The first-order valence-electron chi connectivity index (χ1n) is 7.59. The SMILES string of the molecule is CNC(=O)CN1CCC(NC(=O)C2CCCC2N)CC1. The van der Waals surface area contributed by atoms with Gasteiger partial charge in [-0.1, -0.05) is 6.42 Å². The van der Waals surface area contributed by atoms with Gasteiger partial charge in [-0.15, -0.1) is 0 Å². The molecular formula is C14H26N4O2. The Balaban J connectivity index is 1.71. The summed E-state index contributed by atoms with van der Waals surface area (Å²) in [6.45, 7) is 2.16. The number of carbonyl (C=O) groups excluding carboxylic acids is 2. The molecule has 6 heteroatoms. The molecule has 2 fully saturated rings. The summed E-state index contributed by atoms with van der Waals surface area (Å²) >= 11 is 0. The van der Waals surface area contributed by atoms with Crippen LogP contribution in [0.1, 0.15) is 32.1 Å². The number of hydrogen-bond acceptors (Lipinski definition) is 4. The third-order valence-electron chi connectivity index (χ3n) is 4.49. The maximum absolute atomic E-state index is 12.2. The van der Waals surface area contributed by atoms with Gasteiger partial charge >= 0.3 is 0 Å². The molecule has 20 heavy (non-hydrogen) atoms. The summed E-state index contributed by atoms with van der Waals surface area (Å²) in [5, 5.41) is 5.77. The number of hydrogen-bond donors (Lipinski definition) is 3. The van der Waals surface area contributed by atoms with Gasteiger partial charge in [0.1, 0.15) is 0 Å². The minimum Gasteiger partial charge on any atom is -0.358 e. The van der Waals surface area contributed by atoms with Crippen LogP contribution in [0.25, 0.3) is 0 Å². The Kier molecular flexibility index (Phi) is 5.37. The van der Waals surface area contributed by atoms with Crippen molar-refractivity contribution in [2.45, 2.75) is 44.2 Å². The Morgan fingerprint density at radius 3 is 2.45 bits per heavy atom. The second-order valence-electron chi connectivity index (χ2n) is 5.93. The Bertz CT molecular complexity index is 353. The molecule has 2 amide bonds. The molecule has 0 spiro atoms. The molecule has 0 aromatic heterocycles. The van der Waals surface area contributed by atoms with Crippen molar-refractivity contribution < 1.29 is 9.59 Å². The minimum absolute atomic E-state index is 0.00102. The van der Waals surface area contributed by atoms with Crippen LogP contribution in [0.3, 0.4) is 0 Å². The van der Waals surface area contributed by atoms with Gasteiger partial charge < -0.3 is 16.4 Å². The van der Waals surface area contributed by atoms with Gasteiger partial charge in [-0.2, -0.15) is 0 Å². The van der Waals surface area contributed by atoms with Crippen molar-refractivity contribution in [3.63, 3.8) is 0 Å². The van der Waals surface area contributed by atoms with E-state index in [1.807, 2.05) is 0 Å². The van der Waals surface area contributed by atoms with Crippen molar-refractivity contribution in [3.8, 4) is 0 Å². The predicted octanol–water partition coefficient (Wildman–Crippen LogP) is -0.560. The Labute approximate surface area is 120 Å². The number of nitrogens with zero attached hydrogens (tertiary/aromatic N) is 1. The van der Waals surface area contributed by atoms with E-state index in [1.54, 1.807) is 7.05 Å². The lowest BCUT2D eigenvalue weighted by molar-refractivity contribution is -0.126. The van der Waals surface area contributed by atoms with Crippen LogP contribution in [0.15, 0.2) is 0 Å². The first-order chi connectivity index (χ1) is 9.60. The molecule has 4 N–H and O–H groups in total. The second-order valence-corrected chi connectivity index (χ2v) is 5.93. The minimum atomic E-state index is -0.00102. The number of carbonyl (C=O) groups is 2. The third-order valence-corrected chi connectivity index (χ3v) is 4.49. The lowest BCUT2D eigenvalue weighted by Gasteiger charge is -2.32. The highest BCUT2D eigenvalue weighted by Crippen LogP contribution is 2.24. The molecule has 0 aromatic carbocycles. The predicted molar refractivity (Wildman–Crippen MR) is 77.0 cm³/mol. The van der Waals surface area contributed by atoms with E-state index in [-0.39, 0.29) is 29.8 Å². The molecular weight excluding hydrogens is 256 g/mol. The quantitative estimate of drug-likeness (QED) is 0.645. The second kappa shape index (κ2) is 7.04. The van der Waals surface area contributed by atoms with Crippen LogP contribution in [-0.2, 0) is 9.59 Å². The van der Waals surface area contributed by atoms with Gasteiger partial charge in [0.15, 0.2) is 0 Å². The van der Waals surface area contributed by atoms with Crippen LogP contribution in [0.2, 0.25) is 0 Å². The molecule has 1 aliphatic heterocycles. The zero-order chi connectivity index (χ0) is 14.5. The molecule has 2 unspecified atom stereocenters. The van der Waals surface area contributed by atoms with Crippen LogP contribution < -0.4 is 16.4 Å². The lowest BCUT2D eigenvalue weighted by Crippen LogP contribution is -2.49. The average Bonchev–Trinajstić information content (AvgIpc) is 2.87. The van der Waals surface area contributed by atoms with E-state index < -0.39 is 0 Å². The van der Waals surface area contributed by atoms with Crippen LogP contribution in [0, 0.1) is 5.92 Å². The van der Waals surface area contributed by atoms with Crippen molar-refractivity contribution in [1.29, 1.82) is 0 Å². The van der Waals surface area contributed by atoms with E-state index in [2.05, 4.69) is 15.5 Å². The average molecular weight is 282 g/mol. The molecule has 2 aliphatic rings. The first kappa shape index (κ1) is 15.3. The number of piperidine rings is 1. The summed E-state index contributed by atoms with van der Waals surface area (Å²) in [5.74, 6) is 0.170. The van der Waals surface area contributed by atoms with Gasteiger partial charge in [-0.25, -0.2) is 0 Å². The van der Waals surface area contributed by atoms with E-state index in [0.29, 0.717) is 6.54 Å². The van der Waals surface area contributed by atoms with E-state index >= 15 is 0 Å². The lowest BCUT2D eigenvalue weighted by atomic mass is 10.00. The van der Waals surface area contributed by atoms with Gasteiger partial charge in [-0.05, 0) is 25.7 Å². The van der Waals surface area contributed by atoms with Gasteiger partial charge in [-0.3, -0.25) is 14.5 Å². The van der Waals surface area contributed by atoms with Crippen molar-refractivity contribution in [2.75, 3.05) is 26.7 Å².